The van der Waals surface area contributed by atoms with Crippen LogP contribution in [-0.2, 0) is 17.8 Å². The van der Waals surface area contributed by atoms with E-state index in [1.54, 1.807) is 13.3 Å². The molecule has 2 aliphatic rings. The van der Waals surface area contributed by atoms with Gasteiger partial charge in [-0.1, -0.05) is 37.3 Å². The lowest BCUT2D eigenvalue weighted by Gasteiger charge is -2.33. The third kappa shape index (κ3) is 6.02. The van der Waals surface area contributed by atoms with Crippen molar-refractivity contribution in [1.82, 2.24) is 9.88 Å². The number of carboxylic acids is 1. The van der Waals surface area contributed by atoms with E-state index in [0.717, 1.165) is 60.2 Å². The highest BCUT2D eigenvalue weighted by Gasteiger charge is 2.39. The summed E-state index contributed by atoms with van der Waals surface area (Å²) in [6, 6.07) is 17.1. The van der Waals surface area contributed by atoms with Gasteiger partial charge in [0.2, 0.25) is 5.88 Å². The lowest BCUT2D eigenvalue weighted by molar-refractivity contribution is -0.142. The zero-order valence-electron chi connectivity index (χ0n) is 24.6. The van der Waals surface area contributed by atoms with Crippen molar-refractivity contribution in [3.63, 3.8) is 0 Å². The number of aryl methyl sites for hydroxylation is 1. The molecular weight excluding hydrogens is 500 g/mol. The lowest BCUT2D eigenvalue weighted by Crippen LogP contribution is -2.37. The summed E-state index contributed by atoms with van der Waals surface area (Å²) in [5, 5.41) is 9.75. The van der Waals surface area contributed by atoms with E-state index < -0.39 is 11.9 Å². The molecule has 0 saturated heterocycles. The van der Waals surface area contributed by atoms with Crippen LogP contribution in [0.1, 0.15) is 81.2 Å². The monoisotopic (exact) mass is 542 g/mol. The number of carboxylic acid groups (broad SMARTS) is 1. The number of pyridine rings is 1. The van der Waals surface area contributed by atoms with Crippen molar-refractivity contribution in [3.8, 4) is 22.8 Å². The molecule has 6 heteroatoms. The summed E-state index contributed by atoms with van der Waals surface area (Å²) in [7, 11) is 3.80. The van der Waals surface area contributed by atoms with E-state index >= 15 is 0 Å². The van der Waals surface area contributed by atoms with E-state index in [-0.39, 0.29) is 17.6 Å². The Hall–Kier alpha value is -3.38. The Morgan fingerprint density at radius 2 is 1.90 bits per heavy atom. The third-order valence-electron chi connectivity index (χ3n) is 8.79. The number of rotatable bonds is 9. The molecule has 3 aromatic rings. The van der Waals surface area contributed by atoms with Crippen molar-refractivity contribution >= 4 is 5.97 Å². The first-order valence-corrected chi connectivity index (χ1v) is 14.4. The summed E-state index contributed by atoms with van der Waals surface area (Å²) < 4.78 is 12.1. The molecule has 0 spiro atoms. The van der Waals surface area contributed by atoms with Gasteiger partial charge in [0.25, 0.3) is 0 Å². The predicted octanol–water partition coefficient (Wildman–Crippen LogP) is 7.27. The Bertz CT molecular complexity index is 1370. The van der Waals surface area contributed by atoms with E-state index in [4.69, 9.17) is 9.47 Å². The molecule has 2 heterocycles. The highest BCUT2D eigenvalue weighted by molar-refractivity contribution is 5.71. The maximum absolute atomic E-state index is 11.9. The Labute approximate surface area is 238 Å². The molecule has 0 bridgehead atoms. The first kappa shape index (κ1) is 28.2. The van der Waals surface area contributed by atoms with E-state index in [1.165, 1.54) is 11.1 Å². The molecule has 5 rings (SSSR count). The molecule has 1 N–H and O–H groups in total. The Balaban J connectivity index is 1.46. The van der Waals surface area contributed by atoms with Crippen molar-refractivity contribution in [2.75, 3.05) is 14.2 Å². The van der Waals surface area contributed by atoms with Crippen LogP contribution in [0.5, 0.6) is 11.6 Å². The molecule has 0 amide bonds. The maximum Gasteiger partial charge on any atom is 0.306 e. The predicted molar refractivity (Wildman–Crippen MR) is 158 cm³/mol. The molecule has 1 saturated carbocycles. The minimum absolute atomic E-state index is 0.0189. The number of fused-ring (bicyclic) bond motifs is 1. The van der Waals surface area contributed by atoms with E-state index in [1.807, 2.05) is 19.1 Å². The van der Waals surface area contributed by atoms with E-state index in [0.29, 0.717) is 11.8 Å². The number of carbonyl (C=O) groups is 1. The van der Waals surface area contributed by atoms with Gasteiger partial charge in [0.15, 0.2) is 0 Å². The minimum atomic E-state index is -0.729. The second kappa shape index (κ2) is 11.2. The van der Waals surface area contributed by atoms with Gasteiger partial charge in [-0.05, 0) is 111 Å². The van der Waals surface area contributed by atoms with Crippen molar-refractivity contribution < 1.29 is 19.4 Å². The van der Waals surface area contributed by atoms with Crippen molar-refractivity contribution in [3.05, 3.63) is 77.0 Å². The van der Waals surface area contributed by atoms with Crippen LogP contribution in [0.15, 0.2) is 54.7 Å². The number of benzene rings is 2. The summed E-state index contributed by atoms with van der Waals surface area (Å²) in [5.74, 6) is 0.836. The van der Waals surface area contributed by atoms with Crippen LogP contribution >= 0.6 is 0 Å². The Morgan fingerprint density at radius 3 is 2.58 bits per heavy atom. The highest BCUT2D eigenvalue weighted by atomic mass is 16.5. The van der Waals surface area contributed by atoms with Gasteiger partial charge in [0.1, 0.15) is 11.9 Å². The number of hydrogen-bond donors (Lipinski definition) is 1. The quantitative estimate of drug-likeness (QED) is 0.307. The van der Waals surface area contributed by atoms with Gasteiger partial charge < -0.3 is 14.6 Å². The topological polar surface area (TPSA) is 71.9 Å². The molecule has 6 nitrogen and oxygen atoms in total. The number of aliphatic carboxylic acids is 1. The fraction of sp³-hybridized carbons (Fsp3) is 0.471. The molecular formula is C34H42N2O4. The van der Waals surface area contributed by atoms with Gasteiger partial charge in [-0.3, -0.25) is 9.69 Å². The summed E-state index contributed by atoms with van der Waals surface area (Å²) in [6.07, 6.45) is 5.77. The van der Waals surface area contributed by atoms with E-state index in [9.17, 15) is 9.90 Å². The van der Waals surface area contributed by atoms with E-state index in [2.05, 4.69) is 74.1 Å². The average molecular weight is 543 g/mol. The molecule has 0 radical (unpaired) electrons. The molecule has 1 fully saturated rings. The number of nitrogens with zero attached hydrogens (tertiary/aromatic N) is 2. The van der Waals surface area contributed by atoms with Crippen LogP contribution in [-0.4, -0.2) is 40.7 Å². The third-order valence-corrected chi connectivity index (χ3v) is 8.79. The summed E-state index contributed by atoms with van der Waals surface area (Å²) in [4.78, 5) is 18.5. The lowest BCUT2D eigenvalue weighted by atomic mass is 9.82. The molecule has 3 atom stereocenters. The largest absolute Gasteiger partial charge is 0.485 e. The normalized spacial score (nSPS) is 18.5. The van der Waals surface area contributed by atoms with Crippen LogP contribution < -0.4 is 9.47 Å². The molecule has 212 valence electrons. The maximum atomic E-state index is 11.9. The number of methoxy groups -OCH3 is 1. The SMILES string of the molecule is COc1cc(-c2ccc([C@@H]3CCc4ccc(C(C5CC5)[C@@H](C)C(=O)O)cc4O3)cc2CN(C)C(C)(C)C)ccn1. The van der Waals surface area contributed by atoms with Gasteiger partial charge >= 0.3 is 5.97 Å². The Kier molecular flexibility index (Phi) is 7.92. The Morgan fingerprint density at radius 1 is 1.12 bits per heavy atom. The zero-order chi connectivity index (χ0) is 28.6. The van der Waals surface area contributed by atoms with Gasteiger partial charge in [-0.2, -0.15) is 0 Å². The summed E-state index contributed by atoms with van der Waals surface area (Å²) >= 11 is 0. The first-order chi connectivity index (χ1) is 19.0. The molecule has 1 aliphatic carbocycles. The van der Waals surface area contributed by atoms with Crippen molar-refractivity contribution in [2.45, 2.75) is 77.5 Å². The highest BCUT2D eigenvalue weighted by Crippen LogP contribution is 2.48. The second-order valence-electron chi connectivity index (χ2n) is 12.5. The van der Waals surface area contributed by atoms with Gasteiger partial charge in [0, 0.05) is 24.3 Å². The first-order valence-electron chi connectivity index (χ1n) is 14.4. The summed E-state index contributed by atoms with van der Waals surface area (Å²) in [6.45, 7) is 9.31. The standard InChI is InChI=1S/C34H42N2O4/c1-21(33(37)38)32(23-8-9-23)26-10-7-22-12-14-29(40-30(22)18-26)25-11-13-28(24-15-16-35-31(19-24)39-6)27(17-25)20-36(5)34(2,3)4/h7,10-11,13,15-19,21,23,29,32H,8-9,12,14,20H2,1-6H3,(H,37,38)/t21-,29+,32?/m1/s1. The molecule has 1 unspecified atom stereocenters. The van der Waals surface area contributed by atoms with Crippen molar-refractivity contribution in [1.29, 1.82) is 0 Å². The fourth-order valence-corrected chi connectivity index (χ4v) is 5.81. The number of aromatic nitrogens is 1. The minimum Gasteiger partial charge on any atom is -0.485 e. The second-order valence-corrected chi connectivity index (χ2v) is 12.5. The zero-order valence-corrected chi connectivity index (χ0v) is 24.6. The van der Waals surface area contributed by atoms with Gasteiger partial charge in [-0.25, -0.2) is 4.98 Å². The number of hydrogen-bond acceptors (Lipinski definition) is 5. The molecule has 1 aliphatic heterocycles. The fourth-order valence-electron chi connectivity index (χ4n) is 5.81. The summed E-state index contributed by atoms with van der Waals surface area (Å²) in [5.41, 5.74) is 6.94. The molecule has 1 aromatic heterocycles. The van der Waals surface area contributed by atoms with Crippen LogP contribution in [0.4, 0.5) is 0 Å². The van der Waals surface area contributed by atoms with Crippen LogP contribution in [0.25, 0.3) is 11.1 Å². The van der Waals surface area contributed by atoms with Crippen molar-refractivity contribution in [2.24, 2.45) is 11.8 Å². The number of ether oxygens (including phenoxy) is 2. The average Bonchev–Trinajstić information content (AvgIpc) is 3.77. The van der Waals surface area contributed by atoms with Gasteiger partial charge in [0.05, 0.1) is 13.0 Å². The smallest absolute Gasteiger partial charge is 0.306 e. The van der Waals surface area contributed by atoms with Gasteiger partial charge in [-0.15, -0.1) is 0 Å². The molecule has 40 heavy (non-hydrogen) atoms. The van der Waals surface area contributed by atoms with Crippen LogP contribution in [0.3, 0.4) is 0 Å². The van der Waals surface area contributed by atoms with Crippen LogP contribution in [0, 0.1) is 11.8 Å². The molecule has 2 aromatic carbocycles. The van der Waals surface area contributed by atoms with Crippen LogP contribution in [0.2, 0.25) is 0 Å².